The molecule has 0 saturated heterocycles. The molecule has 0 bridgehead atoms. The molecular weight excluding hydrogens is 370 g/mol. The standard InChI is InChI=1S/C20H23N7S/c1-4-14(11-21-3)24-20-18-16(12(2)17(28-18)15-7-10-23-27-15)25-19(26-20)13-5-8-22-9-6-13/h5-10,14,21H,4,11H2,1-3H3,(H,23,27)(H,24,25,26)/t14-/m1/s1. The average molecular weight is 394 g/mol. The molecule has 0 aliphatic rings. The first-order valence-electron chi connectivity index (χ1n) is 9.33. The summed E-state index contributed by atoms with van der Waals surface area (Å²) in [6, 6.07) is 6.14. The second kappa shape index (κ2) is 8.04. The topological polar surface area (TPSA) is 91.4 Å². The lowest BCUT2D eigenvalue weighted by Crippen LogP contribution is -2.30. The van der Waals surface area contributed by atoms with Crippen molar-refractivity contribution in [1.29, 1.82) is 0 Å². The summed E-state index contributed by atoms with van der Waals surface area (Å²) in [4.78, 5) is 15.0. The Kier molecular flexibility index (Phi) is 5.31. The molecule has 0 radical (unpaired) electrons. The van der Waals surface area contributed by atoms with Crippen LogP contribution in [0, 0.1) is 6.92 Å². The highest BCUT2D eigenvalue weighted by molar-refractivity contribution is 7.23. The highest BCUT2D eigenvalue weighted by Crippen LogP contribution is 2.40. The number of nitrogens with one attached hydrogen (secondary N) is 3. The smallest absolute Gasteiger partial charge is 0.162 e. The summed E-state index contributed by atoms with van der Waals surface area (Å²) in [6.45, 7) is 5.14. The van der Waals surface area contributed by atoms with Crippen LogP contribution in [-0.2, 0) is 0 Å². The van der Waals surface area contributed by atoms with Gasteiger partial charge in [-0.1, -0.05) is 6.92 Å². The van der Waals surface area contributed by atoms with Crippen molar-refractivity contribution in [1.82, 2.24) is 30.5 Å². The van der Waals surface area contributed by atoms with E-state index in [4.69, 9.17) is 9.97 Å². The number of aryl methyl sites for hydroxylation is 1. The van der Waals surface area contributed by atoms with Crippen molar-refractivity contribution in [2.75, 3.05) is 18.9 Å². The van der Waals surface area contributed by atoms with Gasteiger partial charge in [-0.25, -0.2) is 9.97 Å². The minimum atomic E-state index is 0.284. The van der Waals surface area contributed by atoms with Gasteiger partial charge in [-0.3, -0.25) is 10.1 Å². The Morgan fingerprint density at radius 1 is 1.14 bits per heavy atom. The number of fused-ring (bicyclic) bond motifs is 1. The Morgan fingerprint density at radius 3 is 2.64 bits per heavy atom. The molecule has 4 heterocycles. The Morgan fingerprint density at radius 2 is 1.96 bits per heavy atom. The number of anilines is 1. The predicted octanol–water partition coefficient (Wildman–Crippen LogP) is 3.86. The predicted molar refractivity (Wildman–Crippen MR) is 115 cm³/mol. The van der Waals surface area contributed by atoms with Crippen LogP contribution in [0.5, 0.6) is 0 Å². The summed E-state index contributed by atoms with van der Waals surface area (Å²) in [5.41, 5.74) is 4.05. The van der Waals surface area contributed by atoms with Crippen LogP contribution in [0.2, 0.25) is 0 Å². The van der Waals surface area contributed by atoms with Gasteiger partial charge in [-0.15, -0.1) is 11.3 Å². The molecule has 0 aliphatic carbocycles. The maximum Gasteiger partial charge on any atom is 0.162 e. The largest absolute Gasteiger partial charge is 0.365 e. The minimum Gasteiger partial charge on any atom is -0.365 e. The van der Waals surface area contributed by atoms with Gasteiger partial charge in [0.15, 0.2) is 5.82 Å². The zero-order chi connectivity index (χ0) is 19.5. The van der Waals surface area contributed by atoms with Crippen LogP contribution in [0.25, 0.3) is 32.2 Å². The van der Waals surface area contributed by atoms with E-state index >= 15 is 0 Å². The number of likely N-dealkylation sites (N-methyl/N-ethyl adjacent to an activating group) is 1. The lowest BCUT2D eigenvalue weighted by molar-refractivity contribution is 0.635. The summed E-state index contributed by atoms with van der Waals surface area (Å²) < 4.78 is 1.06. The summed E-state index contributed by atoms with van der Waals surface area (Å²) in [7, 11) is 1.97. The lowest BCUT2D eigenvalue weighted by atomic mass is 10.2. The third-order valence-corrected chi connectivity index (χ3v) is 6.05. The maximum absolute atomic E-state index is 4.90. The third kappa shape index (κ3) is 3.48. The Hall–Kier alpha value is -2.84. The molecule has 4 aromatic heterocycles. The van der Waals surface area contributed by atoms with E-state index in [1.54, 1.807) is 29.9 Å². The highest BCUT2D eigenvalue weighted by Gasteiger charge is 2.20. The van der Waals surface area contributed by atoms with Crippen molar-refractivity contribution in [3.63, 3.8) is 0 Å². The van der Waals surface area contributed by atoms with Gasteiger partial charge in [-0.05, 0) is 44.2 Å². The Bertz CT molecular complexity index is 1060. The monoisotopic (exact) mass is 393 g/mol. The van der Waals surface area contributed by atoms with E-state index in [1.165, 1.54) is 0 Å². The number of aromatic nitrogens is 5. The fraction of sp³-hybridized carbons (Fsp3) is 0.300. The van der Waals surface area contributed by atoms with E-state index in [-0.39, 0.29) is 6.04 Å². The van der Waals surface area contributed by atoms with Gasteiger partial charge in [0.25, 0.3) is 0 Å². The van der Waals surface area contributed by atoms with Crippen molar-refractivity contribution in [2.45, 2.75) is 26.3 Å². The second-order valence-electron chi connectivity index (χ2n) is 6.64. The van der Waals surface area contributed by atoms with Crippen molar-refractivity contribution in [2.24, 2.45) is 0 Å². The van der Waals surface area contributed by atoms with Crippen molar-refractivity contribution in [3.8, 4) is 22.0 Å². The van der Waals surface area contributed by atoms with Gasteiger partial charge >= 0.3 is 0 Å². The third-order valence-electron chi connectivity index (χ3n) is 4.73. The summed E-state index contributed by atoms with van der Waals surface area (Å²) in [6.07, 6.45) is 6.30. The van der Waals surface area contributed by atoms with E-state index in [1.807, 2.05) is 25.2 Å². The van der Waals surface area contributed by atoms with Crippen LogP contribution in [-0.4, -0.2) is 44.8 Å². The van der Waals surface area contributed by atoms with E-state index < -0.39 is 0 Å². The molecular formula is C20H23N7S. The van der Waals surface area contributed by atoms with Gasteiger partial charge in [-0.2, -0.15) is 5.10 Å². The molecule has 3 N–H and O–H groups in total. The first kappa shape index (κ1) is 18.5. The van der Waals surface area contributed by atoms with Crippen LogP contribution >= 0.6 is 11.3 Å². The molecule has 1 atom stereocenters. The molecule has 4 rings (SSSR count). The molecule has 144 valence electrons. The van der Waals surface area contributed by atoms with Crippen LogP contribution in [0.15, 0.2) is 36.8 Å². The molecule has 0 saturated carbocycles. The molecule has 0 aliphatic heterocycles. The molecule has 8 heteroatoms. The molecule has 0 unspecified atom stereocenters. The second-order valence-corrected chi connectivity index (χ2v) is 7.66. The fourth-order valence-electron chi connectivity index (χ4n) is 3.19. The summed E-state index contributed by atoms with van der Waals surface area (Å²) in [5.74, 6) is 1.58. The Balaban J connectivity index is 1.89. The summed E-state index contributed by atoms with van der Waals surface area (Å²) in [5, 5.41) is 14.0. The molecule has 0 spiro atoms. The molecule has 4 aromatic rings. The summed E-state index contributed by atoms with van der Waals surface area (Å²) >= 11 is 1.69. The Labute approximate surface area is 167 Å². The maximum atomic E-state index is 4.90. The van der Waals surface area contributed by atoms with Gasteiger partial charge in [0.05, 0.1) is 20.8 Å². The minimum absolute atomic E-state index is 0.284. The van der Waals surface area contributed by atoms with Gasteiger partial charge in [0.1, 0.15) is 5.82 Å². The first-order chi connectivity index (χ1) is 13.7. The van der Waals surface area contributed by atoms with Crippen LogP contribution in [0.1, 0.15) is 18.9 Å². The van der Waals surface area contributed by atoms with Gasteiger partial charge in [0.2, 0.25) is 0 Å². The number of hydrogen-bond donors (Lipinski definition) is 3. The van der Waals surface area contributed by atoms with Gasteiger partial charge in [0, 0.05) is 36.7 Å². The molecule has 0 aromatic carbocycles. The number of rotatable bonds is 7. The van der Waals surface area contributed by atoms with Crippen LogP contribution < -0.4 is 10.6 Å². The van der Waals surface area contributed by atoms with Crippen LogP contribution in [0.3, 0.4) is 0 Å². The molecule has 7 nitrogen and oxygen atoms in total. The number of aromatic amines is 1. The molecule has 28 heavy (non-hydrogen) atoms. The van der Waals surface area contributed by atoms with E-state index in [9.17, 15) is 0 Å². The molecule has 0 amide bonds. The number of pyridine rings is 1. The van der Waals surface area contributed by atoms with Crippen molar-refractivity contribution < 1.29 is 0 Å². The quantitative estimate of drug-likeness (QED) is 0.442. The zero-order valence-electron chi connectivity index (χ0n) is 16.2. The van der Waals surface area contributed by atoms with Crippen molar-refractivity contribution >= 4 is 27.4 Å². The number of hydrogen-bond acceptors (Lipinski definition) is 7. The number of H-pyrrole nitrogens is 1. The lowest BCUT2D eigenvalue weighted by Gasteiger charge is -2.18. The SMILES string of the molecule is CC[C@H](CNC)Nc1nc(-c2ccncc2)nc2c(C)c(-c3ccn[nH]3)sc12. The molecule has 0 fully saturated rings. The van der Waals surface area contributed by atoms with E-state index in [0.717, 1.165) is 50.7 Å². The van der Waals surface area contributed by atoms with E-state index in [2.05, 4.69) is 39.7 Å². The first-order valence-corrected chi connectivity index (χ1v) is 10.1. The fourth-order valence-corrected chi connectivity index (χ4v) is 4.37. The van der Waals surface area contributed by atoms with Crippen molar-refractivity contribution in [3.05, 3.63) is 42.4 Å². The normalized spacial score (nSPS) is 12.4. The van der Waals surface area contributed by atoms with Gasteiger partial charge < -0.3 is 10.6 Å². The highest BCUT2D eigenvalue weighted by atomic mass is 32.1. The zero-order valence-corrected chi connectivity index (χ0v) is 17.0. The average Bonchev–Trinajstić information content (AvgIpc) is 3.37. The number of nitrogens with zero attached hydrogens (tertiary/aromatic N) is 4. The van der Waals surface area contributed by atoms with Crippen LogP contribution in [0.4, 0.5) is 5.82 Å². The van der Waals surface area contributed by atoms with E-state index in [0.29, 0.717) is 5.82 Å². The number of thiophene rings is 1.